The second kappa shape index (κ2) is 12.1. The molecule has 10 heteroatoms. The van der Waals surface area contributed by atoms with Crippen molar-refractivity contribution in [1.82, 2.24) is 4.98 Å². The number of hydrogen-bond acceptors (Lipinski definition) is 6. The van der Waals surface area contributed by atoms with Gasteiger partial charge in [-0.05, 0) is 60.5 Å². The first-order chi connectivity index (χ1) is 19.8. The van der Waals surface area contributed by atoms with Gasteiger partial charge in [0.05, 0.1) is 29.1 Å². The second-order valence-electron chi connectivity index (χ2n) is 9.52. The fourth-order valence-electron chi connectivity index (χ4n) is 4.56. The molecule has 1 aliphatic heterocycles. The van der Waals surface area contributed by atoms with Crippen LogP contribution in [0.25, 0.3) is 23.1 Å². The number of nitrogens with one attached hydrogen (secondary N) is 1. The van der Waals surface area contributed by atoms with Crippen molar-refractivity contribution in [3.63, 3.8) is 0 Å². The Balaban J connectivity index is 1.30. The Morgan fingerprint density at radius 1 is 1.02 bits per heavy atom. The highest BCUT2D eigenvalue weighted by Crippen LogP contribution is 2.40. The van der Waals surface area contributed by atoms with Crippen LogP contribution >= 0.6 is 11.6 Å². The maximum absolute atomic E-state index is 13.1. The van der Waals surface area contributed by atoms with E-state index in [4.69, 9.17) is 21.4 Å². The number of nitrogens with zero attached hydrogens (tertiary/aromatic N) is 2. The minimum Gasteiger partial charge on any atom is -0.481 e. The zero-order valence-electron chi connectivity index (χ0n) is 21.8. The highest BCUT2D eigenvalue weighted by molar-refractivity contribution is 6.31. The molecule has 0 radical (unpaired) electrons. The molecule has 0 aliphatic carbocycles. The van der Waals surface area contributed by atoms with E-state index < -0.39 is 18.0 Å². The molecule has 9 nitrogen and oxygen atoms in total. The van der Waals surface area contributed by atoms with E-state index >= 15 is 0 Å². The summed E-state index contributed by atoms with van der Waals surface area (Å²) in [4.78, 5) is 42.2. The van der Waals surface area contributed by atoms with E-state index in [9.17, 15) is 19.5 Å². The quantitative estimate of drug-likeness (QED) is 0.229. The molecule has 0 fully saturated rings. The Bertz CT molecular complexity index is 1650. The summed E-state index contributed by atoms with van der Waals surface area (Å²) < 4.78 is 5.75. The highest BCUT2D eigenvalue weighted by Gasteiger charge is 2.32. The van der Waals surface area contributed by atoms with Crippen LogP contribution in [0.15, 0.2) is 72.8 Å². The molecule has 1 amide bonds. The molecule has 1 atom stereocenters. The van der Waals surface area contributed by atoms with Crippen molar-refractivity contribution in [3.8, 4) is 5.75 Å². The molecule has 0 saturated heterocycles. The van der Waals surface area contributed by atoms with Gasteiger partial charge in [-0.15, -0.1) is 0 Å². The summed E-state index contributed by atoms with van der Waals surface area (Å²) in [6.45, 7) is 0.401. The molecular weight excluding hydrogens is 546 g/mol. The monoisotopic (exact) mass is 571 g/mol. The van der Waals surface area contributed by atoms with Crippen LogP contribution in [0.2, 0.25) is 5.02 Å². The SMILES string of the molecule is O=C(O)CCCN1CC(C(=O)O)Oc2c(NC(=O)c3ccc(/C=C/c4ccc5ccc(Cl)cc5n4)cc3)cccc21. The van der Waals surface area contributed by atoms with Gasteiger partial charge in [-0.2, -0.15) is 0 Å². The summed E-state index contributed by atoms with van der Waals surface area (Å²) >= 11 is 6.08. The highest BCUT2D eigenvalue weighted by atomic mass is 35.5. The number of anilines is 2. The number of amides is 1. The lowest BCUT2D eigenvalue weighted by Gasteiger charge is -2.35. The number of benzene rings is 3. The van der Waals surface area contributed by atoms with Crippen LogP contribution < -0.4 is 15.0 Å². The first kappa shape index (κ1) is 27.7. The molecule has 0 spiro atoms. The summed E-state index contributed by atoms with van der Waals surface area (Å²) in [6.07, 6.45) is 2.91. The minimum atomic E-state index is -1.16. The third-order valence-corrected chi connectivity index (χ3v) is 6.85. The van der Waals surface area contributed by atoms with Crippen molar-refractivity contribution < 1.29 is 29.3 Å². The van der Waals surface area contributed by atoms with E-state index in [2.05, 4.69) is 10.3 Å². The van der Waals surface area contributed by atoms with Gasteiger partial charge in [0.25, 0.3) is 5.91 Å². The number of hydrogen-bond donors (Lipinski definition) is 3. The van der Waals surface area contributed by atoms with Crippen molar-refractivity contribution in [1.29, 1.82) is 0 Å². The fourth-order valence-corrected chi connectivity index (χ4v) is 4.72. The predicted octanol–water partition coefficient (Wildman–Crippen LogP) is 5.83. The molecule has 1 aliphatic rings. The molecule has 5 rings (SSSR count). The Morgan fingerprint density at radius 3 is 2.56 bits per heavy atom. The molecule has 1 aromatic heterocycles. The average molecular weight is 572 g/mol. The number of pyridine rings is 1. The van der Waals surface area contributed by atoms with E-state index in [0.717, 1.165) is 22.2 Å². The normalized spacial score (nSPS) is 14.5. The van der Waals surface area contributed by atoms with Gasteiger partial charge in [0.1, 0.15) is 0 Å². The van der Waals surface area contributed by atoms with Crippen molar-refractivity contribution in [2.75, 3.05) is 23.3 Å². The van der Waals surface area contributed by atoms with Crippen LogP contribution in [0.3, 0.4) is 0 Å². The van der Waals surface area contributed by atoms with E-state index in [1.165, 1.54) is 0 Å². The number of halogens is 1. The van der Waals surface area contributed by atoms with Gasteiger partial charge in [0, 0.05) is 28.9 Å². The number of aliphatic carboxylic acids is 2. The molecule has 1 unspecified atom stereocenters. The van der Waals surface area contributed by atoms with Gasteiger partial charge in [-0.1, -0.05) is 48.0 Å². The smallest absolute Gasteiger partial charge is 0.346 e. The van der Waals surface area contributed by atoms with Gasteiger partial charge in [0.2, 0.25) is 6.10 Å². The number of carbonyl (C=O) groups is 3. The minimum absolute atomic E-state index is 0.0420. The van der Waals surface area contributed by atoms with Crippen LogP contribution in [-0.4, -0.2) is 52.2 Å². The summed E-state index contributed by atoms with van der Waals surface area (Å²) in [5.41, 5.74) is 3.77. The zero-order chi connectivity index (χ0) is 28.9. The predicted molar refractivity (Wildman–Crippen MR) is 158 cm³/mol. The van der Waals surface area contributed by atoms with Crippen LogP contribution in [-0.2, 0) is 9.59 Å². The summed E-state index contributed by atoms with van der Waals surface area (Å²) in [6, 6.07) is 21.6. The molecule has 41 heavy (non-hydrogen) atoms. The molecule has 2 heterocycles. The van der Waals surface area contributed by atoms with Crippen molar-refractivity contribution in [3.05, 3.63) is 94.6 Å². The zero-order valence-corrected chi connectivity index (χ0v) is 22.5. The van der Waals surface area contributed by atoms with Crippen molar-refractivity contribution in [2.45, 2.75) is 18.9 Å². The van der Waals surface area contributed by atoms with Gasteiger partial charge >= 0.3 is 11.9 Å². The number of aromatic nitrogens is 1. The molecule has 3 aromatic carbocycles. The number of carboxylic acid groups (broad SMARTS) is 2. The third kappa shape index (κ3) is 6.64. The summed E-state index contributed by atoms with van der Waals surface area (Å²) in [5.74, 6) is -2.23. The number of fused-ring (bicyclic) bond motifs is 2. The Morgan fingerprint density at radius 2 is 1.80 bits per heavy atom. The van der Waals surface area contributed by atoms with Crippen LogP contribution in [0.4, 0.5) is 11.4 Å². The van der Waals surface area contributed by atoms with E-state index in [1.54, 1.807) is 35.2 Å². The first-order valence-corrected chi connectivity index (χ1v) is 13.3. The number of carboxylic acids is 2. The standard InChI is InChI=1S/C31H26ClN3O6/c32-22-13-11-20-12-15-23(33-25(20)17-22)14-8-19-6-9-21(10-7-19)30(38)34-24-3-1-4-26-29(24)41-27(31(39)40)18-35(26)16-2-5-28(36)37/h1,3-4,6-15,17,27H,2,5,16,18H2,(H,34,38)(H,36,37)(H,39,40)/b14-8+. The molecular formula is C31H26ClN3O6. The van der Waals surface area contributed by atoms with Crippen LogP contribution in [0.5, 0.6) is 5.75 Å². The Hall–Kier alpha value is -4.89. The summed E-state index contributed by atoms with van der Waals surface area (Å²) in [5, 5.41) is 23.0. The van der Waals surface area contributed by atoms with Crippen LogP contribution in [0.1, 0.15) is 34.5 Å². The van der Waals surface area contributed by atoms with Gasteiger partial charge in [-0.25, -0.2) is 9.78 Å². The number of rotatable bonds is 9. The average Bonchev–Trinajstić information content (AvgIpc) is 2.96. The van der Waals surface area contributed by atoms with Gasteiger partial charge < -0.3 is 25.2 Å². The van der Waals surface area contributed by atoms with Gasteiger partial charge in [-0.3, -0.25) is 9.59 Å². The number of ether oxygens (including phenoxy) is 1. The molecule has 4 aromatic rings. The molecule has 208 valence electrons. The Labute approximate surface area is 240 Å². The first-order valence-electron chi connectivity index (χ1n) is 12.9. The molecule has 3 N–H and O–H groups in total. The second-order valence-corrected chi connectivity index (χ2v) is 9.96. The number of para-hydroxylation sites is 1. The summed E-state index contributed by atoms with van der Waals surface area (Å²) in [7, 11) is 0. The lowest BCUT2D eigenvalue weighted by atomic mass is 10.1. The van der Waals surface area contributed by atoms with E-state index in [1.807, 2.05) is 54.6 Å². The van der Waals surface area contributed by atoms with E-state index in [-0.39, 0.29) is 24.6 Å². The molecule has 0 saturated carbocycles. The fraction of sp³-hybridized carbons (Fsp3) is 0.161. The third-order valence-electron chi connectivity index (χ3n) is 6.62. The maximum atomic E-state index is 13.1. The van der Waals surface area contributed by atoms with Gasteiger partial charge in [0.15, 0.2) is 5.75 Å². The lowest BCUT2D eigenvalue weighted by Crippen LogP contribution is -2.45. The molecule has 0 bridgehead atoms. The maximum Gasteiger partial charge on any atom is 0.346 e. The topological polar surface area (TPSA) is 129 Å². The Kier molecular flexibility index (Phi) is 8.16. The van der Waals surface area contributed by atoms with Crippen molar-refractivity contribution in [2.24, 2.45) is 0 Å². The number of carbonyl (C=O) groups excluding carboxylic acids is 1. The van der Waals surface area contributed by atoms with E-state index in [0.29, 0.717) is 34.9 Å². The van der Waals surface area contributed by atoms with Crippen molar-refractivity contribution >= 4 is 63.9 Å². The lowest BCUT2D eigenvalue weighted by molar-refractivity contribution is -0.145. The largest absolute Gasteiger partial charge is 0.481 e. The van der Waals surface area contributed by atoms with Crippen LogP contribution in [0, 0.1) is 0 Å².